The van der Waals surface area contributed by atoms with Gasteiger partial charge in [0.05, 0.1) is 16.4 Å². The molecule has 1 spiro atoms. The van der Waals surface area contributed by atoms with Crippen molar-refractivity contribution in [2.75, 3.05) is 23.8 Å². The maximum atomic E-state index is 11.5. The molecule has 2 aliphatic rings. The van der Waals surface area contributed by atoms with E-state index in [9.17, 15) is 8.42 Å². The molecule has 2 rings (SSSR count). The number of nitrogens with one attached hydrogen (secondary N) is 1. The lowest BCUT2D eigenvalue weighted by Gasteiger charge is -2.40. The second-order valence-electron chi connectivity index (χ2n) is 3.82. The van der Waals surface area contributed by atoms with E-state index in [0.717, 1.165) is 31.6 Å². The molecular weight excluding hydrogens is 206 g/mol. The summed E-state index contributed by atoms with van der Waals surface area (Å²) in [4.78, 5) is -0.130. The van der Waals surface area contributed by atoms with Gasteiger partial charge < -0.3 is 5.32 Å². The van der Waals surface area contributed by atoms with Gasteiger partial charge in [-0.05, 0) is 31.6 Å². The van der Waals surface area contributed by atoms with Crippen molar-refractivity contribution >= 4 is 21.6 Å². The van der Waals surface area contributed by atoms with Gasteiger partial charge in [0.1, 0.15) is 0 Å². The molecule has 2 heterocycles. The quantitative estimate of drug-likeness (QED) is 0.651. The van der Waals surface area contributed by atoms with Crippen molar-refractivity contribution in [1.29, 1.82) is 0 Å². The van der Waals surface area contributed by atoms with Gasteiger partial charge in [0.2, 0.25) is 0 Å². The summed E-state index contributed by atoms with van der Waals surface area (Å²) in [6, 6.07) is 0. The van der Waals surface area contributed by atoms with Gasteiger partial charge in [-0.1, -0.05) is 0 Å². The van der Waals surface area contributed by atoms with Gasteiger partial charge in [0.15, 0.2) is 9.84 Å². The highest BCUT2D eigenvalue weighted by atomic mass is 32.2. The van der Waals surface area contributed by atoms with Crippen LogP contribution in [0.1, 0.15) is 19.3 Å². The van der Waals surface area contributed by atoms with Crippen LogP contribution in [0.15, 0.2) is 0 Å². The highest BCUT2D eigenvalue weighted by molar-refractivity contribution is 8.02. The zero-order valence-corrected chi connectivity index (χ0v) is 9.22. The summed E-state index contributed by atoms with van der Waals surface area (Å²) < 4.78 is 22.9. The fourth-order valence-corrected chi connectivity index (χ4v) is 5.77. The van der Waals surface area contributed by atoms with Crippen molar-refractivity contribution in [2.45, 2.75) is 24.1 Å². The number of sulfone groups is 1. The van der Waals surface area contributed by atoms with Crippen molar-refractivity contribution in [3.63, 3.8) is 0 Å². The second kappa shape index (κ2) is 3.44. The summed E-state index contributed by atoms with van der Waals surface area (Å²) >= 11 is 1.80. The molecule has 0 aromatic carbocycles. The Balaban J connectivity index is 2.13. The lowest BCUT2D eigenvalue weighted by atomic mass is 10.1. The molecule has 1 atom stereocenters. The summed E-state index contributed by atoms with van der Waals surface area (Å²) in [6.07, 6.45) is 2.99. The van der Waals surface area contributed by atoms with Crippen LogP contribution in [0.25, 0.3) is 0 Å². The predicted molar refractivity (Wildman–Crippen MR) is 55.7 cm³/mol. The third-order valence-electron chi connectivity index (χ3n) is 2.64. The van der Waals surface area contributed by atoms with Crippen LogP contribution in [-0.2, 0) is 9.84 Å². The largest absolute Gasteiger partial charge is 0.302 e. The zero-order chi connectivity index (χ0) is 9.36. The van der Waals surface area contributed by atoms with E-state index in [0.29, 0.717) is 11.5 Å². The van der Waals surface area contributed by atoms with E-state index in [1.54, 1.807) is 11.8 Å². The molecule has 0 aromatic heterocycles. The lowest BCUT2D eigenvalue weighted by molar-refractivity contribution is 0.433. The first-order chi connectivity index (χ1) is 6.12. The van der Waals surface area contributed by atoms with Crippen molar-refractivity contribution in [2.24, 2.45) is 0 Å². The lowest BCUT2D eigenvalue weighted by Crippen LogP contribution is -2.53. The average molecular weight is 221 g/mol. The summed E-state index contributed by atoms with van der Waals surface area (Å²) in [5, 5.41) is 3.37. The van der Waals surface area contributed by atoms with Crippen LogP contribution in [0.5, 0.6) is 0 Å². The molecule has 0 saturated carbocycles. The average Bonchev–Trinajstić information content (AvgIpc) is 2.03. The van der Waals surface area contributed by atoms with E-state index >= 15 is 0 Å². The van der Waals surface area contributed by atoms with E-state index in [4.69, 9.17) is 0 Å². The SMILES string of the molecule is O=S1(=O)CCCC2(C1)NCCCS2. The van der Waals surface area contributed by atoms with Gasteiger partial charge in [0, 0.05) is 0 Å². The van der Waals surface area contributed by atoms with Gasteiger partial charge in [-0.2, -0.15) is 0 Å². The first kappa shape index (κ1) is 9.80. The molecule has 0 radical (unpaired) electrons. The third-order valence-corrected chi connectivity index (χ3v) is 6.20. The molecule has 0 aromatic rings. The third kappa shape index (κ3) is 2.19. The van der Waals surface area contributed by atoms with Crippen molar-refractivity contribution < 1.29 is 8.42 Å². The maximum absolute atomic E-state index is 11.5. The molecule has 2 aliphatic heterocycles. The Morgan fingerprint density at radius 3 is 2.77 bits per heavy atom. The summed E-state index contributed by atoms with van der Waals surface area (Å²) in [7, 11) is -2.77. The molecule has 1 N–H and O–H groups in total. The van der Waals surface area contributed by atoms with Crippen LogP contribution in [0.2, 0.25) is 0 Å². The highest BCUT2D eigenvalue weighted by Crippen LogP contribution is 2.35. The minimum Gasteiger partial charge on any atom is -0.302 e. The maximum Gasteiger partial charge on any atom is 0.152 e. The minimum absolute atomic E-state index is 0.130. The van der Waals surface area contributed by atoms with Crippen molar-refractivity contribution in [1.82, 2.24) is 5.32 Å². The van der Waals surface area contributed by atoms with Crippen LogP contribution >= 0.6 is 11.8 Å². The molecule has 2 saturated heterocycles. The van der Waals surface area contributed by atoms with Gasteiger partial charge in [0.25, 0.3) is 0 Å². The molecular formula is C8H15NO2S2. The Morgan fingerprint density at radius 2 is 2.15 bits per heavy atom. The van der Waals surface area contributed by atoms with Gasteiger partial charge >= 0.3 is 0 Å². The van der Waals surface area contributed by atoms with Crippen LogP contribution in [-0.4, -0.2) is 37.1 Å². The summed E-state index contributed by atoms with van der Waals surface area (Å²) in [5.74, 6) is 1.82. The molecule has 13 heavy (non-hydrogen) atoms. The molecule has 5 heteroatoms. The Hall–Kier alpha value is 0.260. The van der Waals surface area contributed by atoms with Gasteiger partial charge in [-0.3, -0.25) is 0 Å². The first-order valence-electron chi connectivity index (χ1n) is 4.71. The predicted octanol–water partition coefficient (Wildman–Crippen LogP) is 0.618. The van der Waals surface area contributed by atoms with E-state index in [1.807, 2.05) is 0 Å². The normalized spacial score (nSPS) is 39.1. The van der Waals surface area contributed by atoms with Crippen LogP contribution in [0.3, 0.4) is 0 Å². The molecule has 76 valence electrons. The Kier molecular flexibility index (Phi) is 2.59. The Bertz CT molecular complexity index is 275. The minimum atomic E-state index is -2.77. The van der Waals surface area contributed by atoms with Crippen molar-refractivity contribution in [3.8, 4) is 0 Å². The number of thioether (sulfide) groups is 1. The highest BCUT2D eigenvalue weighted by Gasteiger charge is 2.40. The van der Waals surface area contributed by atoms with Gasteiger partial charge in [-0.25, -0.2) is 8.42 Å². The number of hydrogen-bond donors (Lipinski definition) is 1. The first-order valence-corrected chi connectivity index (χ1v) is 7.52. The van der Waals surface area contributed by atoms with E-state index in [2.05, 4.69) is 5.32 Å². The molecule has 3 nitrogen and oxygen atoms in total. The van der Waals surface area contributed by atoms with E-state index in [-0.39, 0.29) is 4.87 Å². The van der Waals surface area contributed by atoms with Gasteiger partial charge in [-0.15, -0.1) is 11.8 Å². The summed E-state index contributed by atoms with van der Waals surface area (Å²) in [5.41, 5.74) is 0. The second-order valence-corrected chi connectivity index (χ2v) is 7.48. The molecule has 2 fully saturated rings. The number of rotatable bonds is 0. The monoisotopic (exact) mass is 221 g/mol. The Morgan fingerprint density at radius 1 is 1.31 bits per heavy atom. The van der Waals surface area contributed by atoms with Crippen LogP contribution < -0.4 is 5.32 Å². The fraction of sp³-hybridized carbons (Fsp3) is 1.00. The Labute approximate surface area is 83.6 Å². The van der Waals surface area contributed by atoms with Crippen molar-refractivity contribution in [3.05, 3.63) is 0 Å². The smallest absolute Gasteiger partial charge is 0.152 e. The number of hydrogen-bond acceptors (Lipinski definition) is 4. The standard InChI is InChI=1S/C8H15NO2S2/c10-13(11)6-1-3-8(7-13)9-4-2-5-12-8/h9H,1-7H2. The summed E-state index contributed by atoms with van der Waals surface area (Å²) in [6.45, 7) is 0.975. The van der Waals surface area contributed by atoms with Crippen LogP contribution in [0.4, 0.5) is 0 Å². The molecule has 0 aliphatic carbocycles. The molecule has 1 unspecified atom stereocenters. The van der Waals surface area contributed by atoms with E-state index in [1.165, 1.54) is 0 Å². The zero-order valence-electron chi connectivity index (χ0n) is 7.58. The van der Waals surface area contributed by atoms with Crippen LogP contribution in [0, 0.1) is 0 Å². The molecule has 0 amide bonds. The topological polar surface area (TPSA) is 46.2 Å². The molecule has 0 bridgehead atoms. The fourth-order valence-electron chi connectivity index (χ4n) is 2.04. The van der Waals surface area contributed by atoms with E-state index < -0.39 is 9.84 Å².